The highest BCUT2D eigenvalue weighted by Crippen LogP contribution is 2.25. The van der Waals surface area contributed by atoms with Gasteiger partial charge in [0.15, 0.2) is 0 Å². The van der Waals surface area contributed by atoms with E-state index in [0.717, 1.165) is 10.7 Å². The van der Waals surface area contributed by atoms with Crippen molar-refractivity contribution in [3.63, 3.8) is 0 Å². The van der Waals surface area contributed by atoms with E-state index < -0.39 is 4.92 Å². The van der Waals surface area contributed by atoms with Crippen molar-refractivity contribution in [1.82, 2.24) is 4.98 Å². The van der Waals surface area contributed by atoms with Crippen LogP contribution in [-0.4, -0.2) is 22.7 Å². The Labute approximate surface area is 119 Å². The van der Waals surface area contributed by atoms with Crippen molar-refractivity contribution in [2.24, 2.45) is 0 Å². The summed E-state index contributed by atoms with van der Waals surface area (Å²) in [5.74, 6) is 0. The van der Waals surface area contributed by atoms with E-state index in [4.69, 9.17) is 0 Å². The number of hydrogen-bond acceptors (Lipinski definition) is 6. The van der Waals surface area contributed by atoms with Crippen LogP contribution in [-0.2, 0) is 6.42 Å². The average molecular weight is 291 g/mol. The molecule has 0 aliphatic carbocycles. The zero-order chi connectivity index (χ0) is 14.5. The molecule has 7 heteroatoms. The van der Waals surface area contributed by atoms with Gasteiger partial charge in [0.1, 0.15) is 12.0 Å². The lowest BCUT2D eigenvalue weighted by Gasteiger charge is -2.06. The van der Waals surface area contributed by atoms with E-state index in [1.807, 2.05) is 12.3 Å². The molecule has 1 aromatic heterocycles. The SMILES string of the molecule is Cc1csc(CCNc2ccc(C=O)cc2[N+](=O)[O-])n1. The number of benzene rings is 1. The largest absolute Gasteiger partial charge is 0.379 e. The van der Waals surface area contributed by atoms with Crippen molar-refractivity contribution in [2.75, 3.05) is 11.9 Å². The molecule has 0 fully saturated rings. The summed E-state index contributed by atoms with van der Waals surface area (Å²) in [4.78, 5) is 25.4. The molecule has 0 saturated carbocycles. The molecule has 0 saturated heterocycles. The molecule has 1 N–H and O–H groups in total. The molecule has 0 unspecified atom stereocenters. The topological polar surface area (TPSA) is 85.1 Å². The van der Waals surface area contributed by atoms with Crippen molar-refractivity contribution in [2.45, 2.75) is 13.3 Å². The van der Waals surface area contributed by atoms with Gasteiger partial charge < -0.3 is 5.32 Å². The lowest BCUT2D eigenvalue weighted by molar-refractivity contribution is -0.384. The van der Waals surface area contributed by atoms with Crippen LogP contribution in [0.4, 0.5) is 11.4 Å². The average Bonchev–Trinajstić information content (AvgIpc) is 2.84. The lowest BCUT2D eigenvalue weighted by Crippen LogP contribution is -2.07. The number of aldehydes is 1. The minimum atomic E-state index is -0.497. The summed E-state index contributed by atoms with van der Waals surface area (Å²) in [6, 6.07) is 4.37. The number of thiazole rings is 1. The maximum atomic E-state index is 11.0. The Hall–Kier alpha value is -2.28. The molecule has 0 amide bonds. The number of rotatable bonds is 6. The van der Waals surface area contributed by atoms with E-state index in [0.29, 0.717) is 24.9 Å². The van der Waals surface area contributed by atoms with Gasteiger partial charge in [-0.05, 0) is 19.1 Å². The molecule has 0 spiro atoms. The number of nitrogens with zero attached hydrogens (tertiary/aromatic N) is 2. The Morgan fingerprint density at radius 3 is 2.90 bits per heavy atom. The lowest BCUT2D eigenvalue weighted by atomic mass is 10.2. The number of nitrogens with one attached hydrogen (secondary N) is 1. The van der Waals surface area contributed by atoms with Crippen LogP contribution < -0.4 is 5.32 Å². The normalized spacial score (nSPS) is 10.2. The standard InChI is InChI=1S/C13H13N3O3S/c1-9-8-20-13(15-9)4-5-14-11-3-2-10(7-17)6-12(11)16(18)19/h2-3,6-8,14H,4-5H2,1H3. The first-order valence-electron chi connectivity index (χ1n) is 5.98. The van der Waals surface area contributed by atoms with Crippen molar-refractivity contribution in [3.05, 3.63) is 50.0 Å². The molecular formula is C13H13N3O3S. The van der Waals surface area contributed by atoms with Gasteiger partial charge in [0.2, 0.25) is 0 Å². The van der Waals surface area contributed by atoms with Crippen LogP contribution in [0.25, 0.3) is 0 Å². The van der Waals surface area contributed by atoms with Gasteiger partial charge in [-0.2, -0.15) is 0 Å². The molecular weight excluding hydrogens is 278 g/mol. The predicted molar refractivity (Wildman–Crippen MR) is 77.5 cm³/mol. The van der Waals surface area contributed by atoms with Gasteiger partial charge in [0.25, 0.3) is 5.69 Å². The molecule has 0 radical (unpaired) electrons. The summed E-state index contributed by atoms with van der Waals surface area (Å²) in [5.41, 5.74) is 1.59. The Morgan fingerprint density at radius 1 is 1.50 bits per heavy atom. The van der Waals surface area contributed by atoms with Crippen molar-refractivity contribution in [1.29, 1.82) is 0 Å². The third-order valence-corrected chi connectivity index (χ3v) is 3.70. The monoisotopic (exact) mass is 291 g/mol. The maximum Gasteiger partial charge on any atom is 0.293 e. The van der Waals surface area contributed by atoms with Crippen molar-refractivity contribution in [3.8, 4) is 0 Å². The summed E-state index contributed by atoms with van der Waals surface area (Å²) < 4.78 is 0. The molecule has 1 heterocycles. The van der Waals surface area contributed by atoms with E-state index in [2.05, 4.69) is 10.3 Å². The van der Waals surface area contributed by atoms with Crippen molar-refractivity contribution >= 4 is 29.0 Å². The number of aryl methyl sites for hydroxylation is 1. The molecule has 0 bridgehead atoms. The van der Waals surface area contributed by atoms with Crippen LogP contribution in [0.3, 0.4) is 0 Å². The fraction of sp³-hybridized carbons (Fsp3) is 0.231. The van der Waals surface area contributed by atoms with Crippen LogP contribution in [0.1, 0.15) is 21.1 Å². The second kappa shape index (κ2) is 6.25. The van der Waals surface area contributed by atoms with Crippen LogP contribution >= 0.6 is 11.3 Å². The molecule has 104 valence electrons. The van der Waals surface area contributed by atoms with E-state index >= 15 is 0 Å². The zero-order valence-electron chi connectivity index (χ0n) is 10.8. The minimum Gasteiger partial charge on any atom is -0.379 e. The van der Waals surface area contributed by atoms with Gasteiger partial charge in [0, 0.05) is 35.7 Å². The Kier molecular flexibility index (Phi) is 4.41. The molecule has 0 aliphatic rings. The summed E-state index contributed by atoms with van der Waals surface area (Å²) in [5, 5.41) is 16.9. The number of carbonyl (C=O) groups is 1. The van der Waals surface area contributed by atoms with Gasteiger partial charge in [0.05, 0.1) is 9.93 Å². The number of anilines is 1. The summed E-state index contributed by atoms with van der Waals surface area (Å²) >= 11 is 1.57. The maximum absolute atomic E-state index is 11.0. The molecule has 0 aliphatic heterocycles. The van der Waals surface area contributed by atoms with E-state index in [1.165, 1.54) is 6.07 Å². The van der Waals surface area contributed by atoms with Crippen LogP contribution in [0, 0.1) is 17.0 Å². The number of nitro groups is 1. The highest BCUT2D eigenvalue weighted by molar-refractivity contribution is 7.09. The van der Waals surface area contributed by atoms with Gasteiger partial charge in [-0.25, -0.2) is 4.98 Å². The molecule has 2 rings (SSSR count). The van der Waals surface area contributed by atoms with Crippen LogP contribution in [0.2, 0.25) is 0 Å². The minimum absolute atomic E-state index is 0.0927. The summed E-state index contributed by atoms with van der Waals surface area (Å²) in [7, 11) is 0. The third-order valence-electron chi connectivity index (χ3n) is 2.68. The number of aromatic nitrogens is 1. The summed E-state index contributed by atoms with van der Waals surface area (Å²) in [6.45, 7) is 2.48. The number of hydrogen-bond donors (Lipinski definition) is 1. The highest BCUT2D eigenvalue weighted by Gasteiger charge is 2.14. The van der Waals surface area contributed by atoms with Gasteiger partial charge >= 0.3 is 0 Å². The summed E-state index contributed by atoms with van der Waals surface area (Å²) in [6.07, 6.45) is 1.29. The highest BCUT2D eigenvalue weighted by atomic mass is 32.1. The quantitative estimate of drug-likeness (QED) is 0.502. The van der Waals surface area contributed by atoms with Gasteiger partial charge in [-0.3, -0.25) is 14.9 Å². The predicted octanol–water partition coefficient (Wildman–Crippen LogP) is 2.83. The Morgan fingerprint density at radius 2 is 2.30 bits per heavy atom. The Balaban J connectivity index is 2.05. The first-order valence-corrected chi connectivity index (χ1v) is 6.86. The zero-order valence-corrected chi connectivity index (χ0v) is 11.6. The fourth-order valence-corrected chi connectivity index (χ4v) is 2.52. The van der Waals surface area contributed by atoms with Crippen LogP contribution in [0.5, 0.6) is 0 Å². The second-order valence-corrected chi connectivity index (χ2v) is 5.15. The van der Waals surface area contributed by atoms with Crippen LogP contribution in [0.15, 0.2) is 23.6 Å². The number of nitro benzene ring substituents is 1. The fourth-order valence-electron chi connectivity index (χ4n) is 1.74. The van der Waals surface area contributed by atoms with Gasteiger partial charge in [-0.1, -0.05) is 0 Å². The van der Waals surface area contributed by atoms with E-state index in [9.17, 15) is 14.9 Å². The van der Waals surface area contributed by atoms with E-state index in [1.54, 1.807) is 23.5 Å². The first kappa shape index (κ1) is 14.1. The molecule has 0 atom stereocenters. The molecule has 1 aromatic carbocycles. The van der Waals surface area contributed by atoms with Crippen molar-refractivity contribution < 1.29 is 9.72 Å². The smallest absolute Gasteiger partial charge is 0.293 e. The number of carbonyl (C=O) groups excluding carboxylic acids is 1. The molecule has 2 aromatic rings. The second-order valence-electron chi connectivity index (χ2n) is 4.21. The van der Waals surface area contributed by atoms with Gasteiger partial charge in [-0.15, -0.1) is 11.3 Å². The molecule has 6 nitrogen and oxygen atoms in total. The first-order chi connectivity index (χ1) is 9.60. The Bertz CT molecular complexity index is 640. The molecule has 20 heavy (non-hydrogen) atoms. The van der Waals surface area contributed by atoms with E-state index in [-0.39, 0.29) is 11.3 Å². The third kappa shape index (κ3) is 3.39.